The molecule has 5 heavy (non-hydrogen) atoms. The second-order valence-corrected chi connectivity index (χ2v) is 2.09. The van der Waals surface area contributed by atoms with Crippen LogP contribution in [0.5, 0.6) is 0 Å². The van der Waals surface area contributed by atoms with Crippen LogP contribution in [0.1, 0.15) is 6.42 Å². The first-order valence-corrected chi connectivity index (χ1v) is 3.45. The van der Waals surface area contributed by atoms with Gasteiger partial charge in [-0.15, -0.1) is 0 Å². The van der Waals surface area contributed by atoms with E-state index in [0.717, 1.165) is 10.9 Å². The van der Waals surface area contributed by atoms with Crippen LogP contribution in [-0.4, -0.2) is 22.5 Å². The van der Waals surface area contributed by atoms with E-state index in [1.807, 2.05) is 6.07 Å². The van der Waals surface area contributed by atoms with E-state index in [1.54, 1.807) is 0 Å². The normalized spacial score (nSPS) is 6.60. The van der Waals surface area contributed by atoms with E-state index in [1.165, 1.54) is 22.5 Å². The first-order valence-electron chi connectivity index (χ1n) is 1.43. The van der Waals surface area contributed by atoms with Gasteiger partial charge in [-0.3, -0.25) is 0 Å². The summed E-state index contributed by atoms with van der Waals surface area (Å²) in [5.41, 5.74) is 0. The number of hydrogen-bond donors (Lipinski definition) is 0. The summed E-state index contributed by atoms with van der Waals surface area (Å²) in [7, 11) is 0. The van der Waals surface area contributed by atoms with Crippen molar-refractivity contribution in [1.29, 1.82) is 5.26 Å². The molecule has 0 atom stereocenters. The van der Waals surface area contributed by atoms with E-state index < -0.39 is 0 Å². The average molecular weight is 173 g/mol. The van der Waals surface area contributed by atoms with Crippen molar-refractivity contribution in [1.82, 2.24) is 0 Å². The molecule has 0 saturated heterocycles. The van der Waals surface area contributed by atoms with Crippen molar-refractivity contribution >= 4 is 22.5 Å². The predicted octanol–water partition coefficient (Wildman–Crippen LogP) is 0.487. The van der Waals surface area contributed by atoms with Gasteiger partial charge in [0.1, 0.15) is 0 Å². The summed E-state index contributed by atoms with van der Waals surface area (Å²) in [4.78, 5) is 0. The quantitative estimate of drug-likeness (QED) is 0.529. The maximum atomic E-state index is 7.83. The summed E-state index contributed by atoms with van der Waals surface area (Å²) >= 11 is 1.46. The Morgan fingerprint density at radius 2 is 2.40 bits per heavy atom. The van der Waals surface area contributed by atoms with Gasteiger partial charge < -0.3 is 0 Å². The van der Waals surface area contributed by atoms with Crippen LogP contribution in [0.15, 0.2) is 0 Å². The minimum absolute atomic E-state index is 0.734. The molecule has 0 radical (unpaired) electrons. The third-order valence-corrected chi connectivity index (χ3v) is 0.950. The zero-order valence-electron chi connectivity index (χ0n) is 2.86. The summed E-state index contributed by atoms with van der Waals surface area (Å²) in [6.07, 6.45) is 0.734. The molecule has 0 aromatic heterocycles. The molecule has 0 aromatic carbocycles. The Hall–Kier alpha value is 0.289. The molecular formula is C3H4NSn+3. The van der Waals surface area contributed by atoms with E-state index in [0.29, 0.717) is 0 Å². The molecular weight excluding hydrogens is 169 g/mol. The van der Waals surface area contributed by atoms with E-state index in [9.17, 15) is 0 Å². The molecule has 0 heterocycles. The number of hydrogen-bond acceptors (Lipinski definition) is 1. The standard InChI is InChI=1S/C3H4N.Sn/c1-2-3-4;/h1-2H2;/q;+3. The second kappa shape index (κ2) is 4.29. The van der Waals surface area contributed by atoms with Gasteiger partial charge in [-0.25, -0.2) is 0 Å². The Morgan fingerprint density at radius 1 is 1.80 bits per heavy atom. The molecule has 0 aliphatic carbocycles. The van der Waals surface area contributed by atoms with Crippen LogP contribution in [-0.2, 0) is 0 Å². The summed E-state index contributed by atoms with van der Waals surface area (Å²) in [6, 6.07) is 2.04. The Morgan fingerprint density at radius 3 is 2.40 bits per heavy atom. The average Bonchev–Trinajstić information content (AvgIpc) is 1.41. The van der Waals surface area contributed by atoms with Gasteiger partial charge in [0.25, 0.3) is 0 Å². The molecule has 0 rings (SSSR count). The fraction of sp³-hybridized carbons (Fsp3) is 0.667. The van der Waals surface area contributed by atoms with Crippen molar-refractivity contribution in [2.45, 2.75) is 10.9 Å². The first kappa shape index (κ1) is 5.29. The SMILES string of the molecule is N#CC[CH2][Sn+3]. The molecule has 2 heteroatoms. The van der Waals surface area contributed by atoms with Crippen molar-refractivity contribution in [2.75, 3.05) is 0 Å². The molecule has 0 aromatic rings. The summed E-state index contributed by atoms with van der Waals surface area (Å²) in [5, 5.41) is 7.83. The zero-order valence-corrected chi connectivity index (χ0v) is 5.72. The third-order valence-electron chi connectivity index (χ3n) is 0.237. The van der Waals surface area contributed by atoms with E-state index in [4.69, 9.17) is 5.26 Å². The maximum absolute atomic E-state index is 7.83. The molecule has 1 nitrogen and oxygen atoms in total. The van der Waals surface area contributed by atoms with Crippen LogP contribution < -0.4 is 0 Å². The molecule has 0 unspecified atom stereocenters. The fourth-order valence-electron chi connectivity index (χ4n) is 0.0559. The van der Waals surface area contributed by atoms with Crippen LogP contribution in [0.2, 0.25) is 4.44 Å². The summed E-state index contributed by atoms with van der Waals surface area (Å²) in [5.74, 6) is 0. The minimum atomic E-state index is 0.734. The molecule has 0 spiro atoms. The molecule has 0 aliphatic rings. The van der Waals surface area contributed by atoms with Crippen LogP contribution in [0.3, 0.4) is 0 Å². The molecule has 0 amide bonds. The van der Waals surface area contributed by atoms with Gasteiger partial charge in [0.15, 0.2) is 0 Å². The fourth-order valence-corrected chi connectivity index (χ4v) is 0.375. The zero-order chi connectivity index (χ0) is 4.12. The number of rotatable bonds is 1. The van der Waals surface area contributed by atoms with Crippen molar-refractivity contribution in [3.63, 3.8) is 0 Å². The molecule has 0 bridgehead atoms. The van der Waals surface area contributed by atoms with Crippen molar-refractivity contribution < 1.29 is 0 Å². The molecule has 0 saturated carbocycles. The van der Waals surface area contributed by atoms with Gasteiger partial charge in [-0.1, -0.05) is 0 Å². The number of nitriles is 1. The van der Waals surface area contributed by atoms with Gasteiger partial charge >= 0.3 is 44.7 Å². The number of nitrogens with zero attached hydrogens (tertiary/aromatic N) is 1. The van der Waals surface area contributed by atoms with E-state index >= 15 is 0 Å². The molecule has 0 fully saturated rings. The third kappa shape index (κ3) is 4.29. The first-order chi connectivity index (χ1) is 2.41. The second-order valence-electron chi connectivity index (χ2n) is 0.658. The van der Waals surface area contributed by atoms with Crippen molar-refractivity contribution in [3.05, 3.63) is 0 Å². The topological polar surface area (TPSA) is 23.8 Å². The van der Waals surface area contributed by atoms with Crippen molar-refractivity contribution in [3.8, 4) is 6.07 Å². The Bertz CT molecular complexity index is 45.3. The van der Waals surface area contributed by atoms with Crippen LogP contribution in [0.4, 0.5) is 0 Å². The Kier molecular flexibility index (Phi) is 4.54. The summed E-state index contributed by atoms with van der Waals surface area (Å²) < 4.78 is 1.07. The van der Waals surface area contributed by atoms with Crippen LogP contribution in [0, 0.1) is 11.3 Å². The monoisotopic (exact) mass is 174 g/mol. The Balaban J connectivity index is 2.48. The molecule has 0 N–H and O–H groups in total. The van der Waals surface area contributed by atoms with Crippen molar-refractivity contribution in [2.24, 2.45) is 0 Å². The molecule has 22 valence electrons. The Labute approximate surface area is 45.1 Å². The van der Waals surface area contributed by atoms with Gasteiger partial charge in [0.2, 0.25) is 0 Å². The van der Waals surface area contributed by atoms with E-state index in [2.05, 4.69) is 0 Å². The van der Waals surface area contributed by atoms with E-state index in [-0.39, 0.29) is 0 Å². The van der Waals surface area contributed by atoms with Crippen LogP contribution >= 0.6 is 0 Å². The van der Waals surface area contributed by atoms with Gasteiger partial charge in [-0.2, -0.15) is 0 Å². The van der Waals surface area contributed by atoms with Crippen LogP contribution in [0.25, 0.3) is 0 Å². The molecule has 0 aliphatic heterocycles. The van der Waals surface area contributed by atoms with Gasteiger partial charge in [0, 0.05) is 0 Å². The van der Waals surface area contributed by atoms with Gasteiger partial charge in [0.05, 0.1) is 0 Å². The predicted molar refractivity (Wildman–Crippen MR) is 20.8 cm³/mol. The summed E-state index contributed by atoms with van der Waals surface area (Å²) in [6.45, 7) is 0. The van der Waals surface area contributed by atoms with Gasteiger partial charge in [-0.05, 0) is 0 Å².